The number of benzene rings is 1. The van der Waals surface area contributed by atoms with Gasteiger partial charge in [0.25, 0.3) is 0 Å². The molecular formula is C13H17NO2. The number of carbonyl (C=O) groups is 1. The van der Waals surface area contributed by atoms with Gasteiger partial charge < -0.3 is 4.74 Å². The minimum atomic E-state index is -0.329. The van der Waals surface area contributed by atoms with Gasteiger partial charge in [-0.25, -0.2) is 4.79 Å². The predicted octanol–water partition coefficient (Wildman–Crippen LogP) is 2.15. The first-order chi connectivity index (χ1) is 7.59. The molecule has 0 amide bonds. The summed E-state index contributed by atoms with van der Waals surface area (Å²) >= 11 is 0. The zero-order valence-electron chi connectivity index (χ0n) is 9.88. The fourth-order valence-corrected chi connectivity index (χ4v) is 1.04. The first-order valence-electron chi connectivity index (χ1n) is 5.20. The smallest absolute Gasteiger partial charge is 0.332 e. The van der Waals surface area contributed by atoms with E-state index in [1.165, 1.54) is 6.08 Å². The molecule has 0 fully saturated rings. The second-order valence-electron chi connectivity index (χ2n) is 3.74. The molecular weight excluding hydrogens is 202 g/mol. The Labute approximate surface area is 96.3 Å². The molecule has 0 saturated heterocycles. The summed E-state index contributed by atoms with van der Waals surface area (Å²) in [5.41, 5.74) is 0.983. The van der Waals surface area contributed by atoms with Gasteiger partial charge >= 0.3 is 5.97 Å². The number of ether oxygens (including phenoxy) is 1. The predicted molar refractivity (Wildman–Crippen MR) is 64.7 cm³/mol. The summed E-state index contributed by atoms with van der Waals surface area (Å²) in [7, 11) is 3.72. The third-order valence-electron chi connectivity index (χ3n) is 2.23. The molecule has 0 aliphatic heterocycles. The molecule has 1 atom stereocenters. The molecule has 3 nitrogen and oxygen atoms in total. The highest BCUT2D eigenvalue weighted by Gasteiger charge is 2.07. The van der Waals surface area contributed by atoms with E-state index in [-0.39, 0.29) is 12.2 Å². The maximum atomic E-state index is 11.4. The molecule has 0 bridgehead atoms. The van der Waals surface area contributed by atoms with Gasteiger partial charge in [-0.3, -0.25) is 4.90 Å². The molecule has 1 aromatic carbocycles. The van der Waals surface area contributed by atoms with Crippen LogP contribution in [0.15, 0.2) is 36.4 Å². The molecule has 0 aliphatic carbocycles. The topological polar surface area (TPSA) is 29.5 Å². The second kappa shape index (κ2) is 6.08. The molecule has 1 aromatic rings. The molecule has 0 aliphatic rings. The summed E-state index contributed by atoms with van der Waals surface area (Å²) in [5, 5.41) is 0. The standard InChI is InChI=1S/C13H17NO2/c1-11(14(2)3)16-13(15)10-9-12-7-5-4-6-8-12/h4-11H,1-3H3/b10-9+. The third kappa shape index (κ3) is 4.28. The molecule has 0 aromatic heterocycles. The molecule has 16 heavy (non-hydrogen) atoms. The SMILES string of the molecule is CC(OC(=O)/C=C/c1ccccc1)N(C)C. The van der Waals surface area contributed by atoms with Gasteiger partial charge in [0, 0.05) is 6.08 Å². The molecule has 86 valence electrons. The van der Waals surface area contributed by atoms with E-state index in [1.54, 1.807) is 6.08 Å². The van der Waals surface area contributed by atoms with Crippen molar-refractivity contribution in [3.05, 3.63) is 42.0 Å². The van der Waals surface area contributed by atoms with Crippen molar-refractivity contribution in [3.63, 3.8) is 0 Å². The van der Waals surface area contributed by atoms with Gasteiger partial charge in [-0.2, -0.15) is 0 Å². The Hall–Kier alpha value is -1.61. The Kier molecular flexibility index (Phi) is 4.73. The largest absolute Gasteiger partial charge is 0.444 e. The fraction of sp³-hybridized carbons (Fsp3) is 0.308. The lowest BCUT2D eigenvalue weighted by Gasteiger charge is -2.18. The van der Waals surface area contributed by atoms with E-state index in [2.05, 4.69) is 0 Å². The second-order valence-corrected chi connectivity index (χ2v) is 3.74. The summed E-state index contributed by atoms with van der Waals surface area (Å²) < 4.78 is 5.13. The quantitative estimate of drug-likeness (QED) is 0.441. The van der Waals surface area contributed by atoms with E-state index in [0.717, 1.165) is 5.56 Å². The van der Waals surface area contributed by atoms with Crippen LogP contribution in [0.5, 0.6) is 0 Å². The van der Waals surface area contributed by atoms with E-state index in [1.807, 2.05) is 56.3 Å². The molecule has 0 heterocycles. The highest BCUT2D eigenvalue weighted by Crippen LogP contribution is 2.02. The van der Waals surface area contributed by atoms with Crippen LogP contribution in [0, 0.1) is 0 Å². The highest BCUT2D eigenvalue weighted by atomic mass is 16.6. The van der Waals surface area contributed by atoms with Crippen LogP contribution < -0.4 is 0 Å². The lowest BCUT2D eigenvalue weighted by Crippen LogP contribution is -2.29. The molecule has 3 heteroatoms. The van der Waals surface area contributed by atoms with Gasteiger partial charge in [0.05, 0.1) is 0 Å². The Balaban J connectivity index is 2.49. The minimum absolute atomic E-state index is 0.215. The Morgan fingerprint density at radius 1 is 1.31 bits per heavy atom. The van der Waals surface area contributed by atoms with Gasteiger partial charge in [-0.05, 0) is 32.7 Å². The zero-order valence-corrected chi connectivity index (χ0v) is 9.88. The van der Waals surface area contributed by atoms with Crippen LogP contribution in [0.4, 0.5) is 0 Å². The molecule has 0 radical (unpaired) electrons. The summed E-state index contributed by atoms with van der Waals surface area (Å²) in [4.78, 5) is 13.2. The van der Waals surface area contributed by atoms with Crippen molar-refractivity contribution in [3.8, 4) is 0 Å². The van der Waals surface area contributed by atoms with Crippen LogP contribution in [0.25, 0.3) is 6.08 Å². The fourth-order valence-electron chi connectivity index (χ4n) is 1.04. The van der Waals surface area contributed by atoms with Crippen molar-refractivity contribution in [2.45, 2.75) is 13.2 Å². The first-order valence-corrected chi connectivity index (χ1v) is 5.20. The minimum Gasteiger partial charge on any atom is -0.444 e. The van der Waals surface area contributed by atoms with Gasteiger partial charge in [0.2, 0.25) is 0 Å². The van der Waals surface area contributed by atoms with Crippen molar-refractivity contribution < 1.29 is 9.53 Å². The number of rotatable bonds is 4. The van der Waals surface area contributed by atoms with Crippen molar-refractivity contribution in [1.29, 1.82) is 0 Å². The van der Waals surface area contributed by atoms with E-state index in [0.29, 0.717) is 0 Å². The maximum Gasteiger partial charge on any atom is 0.332 e. The van der Waals surface area contributed by atoms with Gasteiger partial charge in [-0.1, -0.05) is 30.3 Å². The molecule has 0 saturated carbocycles. The van der Waals surface area contributed by atoms with Crippen molar-refractivity contribution >= 4 is 12.0 Å². The number of nitrogens with zero attached hydrogens (tertiary/aromatic N) is 1. The van der Waals surface area contributed by atoms with Crippen LogP contribution in [0.2, 0.25) is 0 Å². The van der Waals surface area contributed by atoms with E-state index in [4.69, 9.17) is 4.74 Å². The highest BCUT2D eigenvalue weighted by molar-refractivity contribution is 5.87. The van der Waals surface area contributed by atoms with Gasteiger partial charge in [0.15, 0.2) is 6.23 Å². The molecule has 0 N–H and O–H groups in total. The van der Waals surface area contributed by atoms with Crippen LogP contribution in [-0.4, -0.2) is 31.2 Å². The lowest BCUT2D eigenvalue weighted by molar-refractivity contribution is -0.149. The summed E-state index contributed by atoms with van der Waals surface area (Å²) in [6.45, 7) is 1.83. The maximum absolute atomic E-state index is 11.4. The van der Waals surface area contributed by atoms with Crippen molar-refractivity contribution in [2.75, 3.05) is 14.1 Å². The number of hydrogen-bond acceptors (Lipinski definition) is 3. The monoisotopic (exact) mass is 219 g/mol. The van der Waals surface area contributed by atoms with Gasteiger partial charge in [-0.15, -0.1) is 0 Å². The zero-order chi connectivity index (χ0) is 12.0. The number of hydrogen-bond donors (Lipinski definition) is 0. The van der Waals surface area contributed by atoms with Crippen LogP contribution >= 0.6 is 0 Å². The van der Waals surface area contributed by atoms with Crippen LogP contribution in [0.1, 0.15) is 12.5 Å². The average molecular weight is 219 g/mol. The summed E-state index contributed by atoms with van der Waals surface area (Å²) in [6.07, 6.45) is 2.97. The van der Waals surface area contributed by atoms with E-state index in [9.17, 15) is 4.79 Å². The molecule has 1 rings (SSSR count). The summed E-state index contributed by atoms with van der Waals surface area (Å²) in [6, 6.07) is 9.64. The number of carbonyl (C=O) groups excluding carboxylic acids is 1. The Bertz CT molecular complexity index is 357. The Morgan fingerprint density at radius 3 is 2.50 bits per heavy atom. The Morgan fingerprint density at radius 2 is 1.94 bits per heavy atom. The van der Waals surface area contributed by atoms with Crippen LogP contribution in [0.3, 0.4) is 0 Å². The average Bonchev–Trinajstić information content (AvgIpc) is 2.27. The van der Waals surface area contributed by atoms with E-state index < -0.39 is 0 Å². The van der Waals surface area contributed by atoms with Crippen molar-refractivity contribution in [1.82, 2.24) is 4.90 Å². The first kappa shape index (κ1) is 12.5. The van der Waals surface area contributed by atoms with Crippen LogP contribution in [-0.2, 0) is 9.53 Å². The summed E-state index contributed by atoms with van der Waals surface area (Å²) in [5.74, 6) is -0.329. The lowest BCUT2D eigenvalue weighted by atomic mass is 10.2. The molecule has 0 spiro atoms. The number of esters is 1. The normalized spacial score (nSPS) is 13.0. The van der Waals surface area contributed by atoms with E-state index >= 15 is 0 Å². The third-order valence-corrected chi connectivity index (χ3v) is 2.23. The van der Waals surface area contributed by atoms with Gasteiger partial charge in [0.1, 0.15) is 0 Å². The van der Waals surface area contributed by atoms with Crippen molar-refractivity contribution in [2.24, 2.45) is 0 Å². The molecule has 1 unspecified atom stereocenters.